The van der Waals surface area contributed by atoms with E-state index >= 15 is 0 Å². The third kappa shape index (κ3) is 4.71. The van der Waals surface area contributed by atoms with Crippen LogP contribution in [-0.2, 0) is 15.1 Å². The van der Waals surface area contributed by atoms with Crippen molar-refractivity contribution in [2.45, 2.75) is 5.60 Å². The molecule has 6 heteroatoms. The SMILES string of the molecule is COc1cccc(OC)c1OCCNCC1(c2ccccc2)COCCO1. The second-order valence-corrected chi connectivity index (χ2v) is 6.28. The summed E-state index contributed by atoms with van der Waals surface area (Å²) in [5.74, 6) is 1.91. The minimum absolute atomic E-state index is 0.471. The van der Waals surface area contributed by atoms with Crippen molar-refractivity contribution in [3.05, 3.63) is 54.1 Å². The predicted octanol–water partition coefficient (Wildman–Crippen LogP) is 2.61. The molecule has 0 spiro atoms. The number of para-hydroxylation sites is 1. The Morgan fingerprint density at radius 3 is 2.33 bits per heavy atom. The molecule has 1 aliphatic heterocycles. The van der Waals surface area contributed by atoms with Crippen molar-refractivity contribution in [2.24, 2.45) is 0 Å². The Labute approximate surface area is 160 Å². The lowest BCUT2D eigenvalue weighted by Gasteiger charge is -2.37. The normalized spacial score (nSPS) is 19.5. The lowest BCUT2D eigenvalue weighted by Crippen LogP contribution is -2.48. The molecule has 1 fully saturated rings. The van der Waals surface area contributed by atoms with E-state index in [1.165, 1.54) is 0 Å². The molecule has 146 valence electrons. The van der Waals surface area contributed by atoms with Crippen LogP contribution in [0.25, 0.3) is 0 Å². The molecule has 1 unspecified atom stereocenters. The first-order valence-corrected chi connectivity index (χ1v) is 9.11. The minimum Gasteiger partial charge on any atom is -0.493 e. The van der Waals surface area contributed by atoms with Crippen molar-refractivity contribution in [1.29, 1.82) is 0 Å². The van der Waals surface area contributed by atoms with Gasteiger partial charge in [0.25, 0.3) is 0 Å². The first-order valence-electron chi connectivity index (χ1n) is 9.11. The first-order chi connectivity index (χ1) is 13.3. The summed E-state index contributed by atoms with van der Waals surface area (Å²) < 4.78 is 28.4. The fourth-order valence-electron chi connectivity index (χ4n) is 3.16. The average molecular weight is 373 g/mol. The molecule has 0 amide bonds. The highest BCUT2D eigenvalue weighted by Crippen LogP contribution is 2.36. The van der Waals surface area contributed by atoms with E-state index < -0.39 is 5.60 Å². The molecular formula is C21H27NO5. The zero-order chi connectivity index (χ0) is 19.0. The summed E-state index contributed by atoms with van der Waals surface area (Å²) in [5, 5.41) is 3.43. The molecular weight excluding hydrogens is 346 g/mol. The Morgan fingerprint density at radius 1 is 0.963 bits per heavy atom. The third-order valence-corrected chi connectivity index (χ3v) is 4.56. The van der Waals surface area contributed by atoms with Gasteiger partial charge in [-0.2, -0.15) is 0 Å². The van der Waals surface area contributed by atoms with E-state index in [2.05, 4.69) is 17.4 Å². The quantitative estimate of drug-likeness (QED) is 0.682. The Bertz CT molecular complexity index is 679. The molecule has 3 rings (SSSR count). The zero-order valence-electron chi connectivity index (χ0n) is 15.9. The van der Waals surface area contributed by atoms with Crippen molar-refractivity contribution in [3.63, 3.8) is 0 Å². The van der Waals surface area contributed by atoms with Crippen molar-refractivity contribution in [1.82, 2.24) is 5.32 Å². The average Bonchev–Trinajstić information content (AvgIpc) is 2.74. The van der Waals surface area contributed by atoms with Crippen LogP contribution >= 0.6 is 0 Å². The smallest absolute Gasteiger partial charge is 0.203 e. The van der Waals surface area contributed by atoms with Gasteiger partial charge in [-0.3, -0.25) is 0 Å². The summed E-state index contributed by atoms with van der Waals surface area (Å²) in [5.41, 5.74) is 0.645. The van der Waals surface area contributed by atoms with Gasteiger partial charge < -0.3 is 29.0 Å². The molecule has 27 heavy (non-hydrogen) atoms. The van der Waals surface area contributed by atoms with Crippen molar-refractivity contribution in [2.75, 3.05) is 53.7 Å². The monoisotopic (exact) mass is 373 g/mol. The highest BCUT2D eigenvalue weighted by atomic mass is 16.6. The molecule has 2 aromatic rings. The summed E-state index contributed by atoms with van der Waals surface area (Å²) in [6.45, 7) is 3.52. The van der Waals surface area contributed by atoms with Gasteiger partial charge in [0.1, 0.15) is 12.2 Å². The van der Waals surface area contributed by atoms with Gasteiger partial charge in [0.15, 0.2) is 11.5 Å². The number of nitrogens with one attached hydrogen (secondary N) is 1. The number of rotatable bonds is 9. The number of hydrogen-bond donors (Lipinski definition) is 1. The van der Waals surface area contributed by atoms with Crippen LogP contribution in [0.2, 0.25) is 0 Å². The molecule has 0 aromatic heterocycles. The van der Waals surface area contributed by atoms with E-state index in [1.54, 1.807) is 14.2 Å². The molecule has 1 aliphatic rings. The molecule has 0 radical (unpaired) electrons. The van der Waals surface area contributed by atoms with E-state index in [-0.39, 0.29) is 0 Å². The molecule has 1 atom stereocenters. The van der Waals surface area contributed by atoms with Crippen LogP contribution < -0.4 is 19.5 Å². The van der Waals surface area contributed by atoms with Crippen molar-refractivity contribution in [3.8, 4) is 17.2 Å². The van der Waals surface area contributed by atoms with Gasteiger partial charge in [0, 0.05) is 13.1 Å². The molecule has 1 saturated heterocycles. The van der Waals surface area contributed by atoms with E-state index in [0.29, 0.717) is 56.8 Å². The minimum atomic E-state index is -0.471. The summed E-state index contributed by atoms with van der Waals surface area (Å²) in [4.78, 5) is 0. The number of methoxy groups -OCH3 is 2. The number of hydrogen-bond acceptors (Lipinski definition) is 6. The molecule has 1 heterocycles. The summed E-state index contributed by atoms with van der Waals surface area (Å²) in [6, 6.07) is 15.8. The van der Waals surface area contributed by atoms with E-state index in [9.17, 15) is 0 Å². The standard InChI is InChI=1S/C21H27NO5/c1-23-18-9-6-10-19(24-2)20(18)26-12-11-22-15-21(16-25-13-14-27-21)17-7-4-3-5-8-17/h3-10,22H,11-16H2,1-2H3. The molecule has 1 N–H and O–H groups in total. The van der Waals surface area contributed by atoms with Crippen LogP contribution in [-0.4, -0.2) is 53.7 Å². The van der Waals surface area contributed by atoms with Crippen molar-refractivity contribution >= 4 is 0 Å². The maximum absolute atomic E-state index is 6.12. The first kappa shape index (κ1) is 19.5. The van der Waals surface area contributed by atoms with E-state index in [0.717, 1.165) is 5.56 Å². The van der Waals surface area contributed by atoms with Crippen LogP contribution in [0.4, 0.5) is 0 Å². The predicted molar refractivity (Wildman–Crippen MR) is 103 cm³/mol. The number of benzene rings is 2. The summed E-state index contributed by atoms with van der Waals surface area (Å²) >= 11 is 0. The van der Waals surface area contributed by atoms with Crippen LogP contribution in [0, 0.1) is 0 Å². The Morgan fingerprint density at radius 2 is 1.70 bits per heavy atom. The fraction of sp³-hybridized carbons (Fsp3) is 0.429. The van der Waals surface area contributed by atoms with Gasteiger partial charge >= 0.3 is 0 Å². The van der Waals surface area contributed by atoms with E-state index in [4.69, 9.17) is 23.7 Å². The molecule has 0 bridgehead atoms. The van der Waals surface area contributed by atoms with Crippen molar-refractivity contribution < 1.29 is 23.7 Å². The zero-order valence-corrected chi connectivity index (χ0v) is 15.9. The topological polar surface area (TPSA) is 58.2 Å². The third-order valence-electron chi connectivity index (χ3n) is 4.56. The Balaban J connectivity index is 1.56. The van der Waals surface area contributed by atoms with Gasteiger partial charge in [-0.05, 0) is 17.7 Å². The van der Waals surface area contributed by atoms with Gasteiger partial charge in [-0.1, -0.05) is 36.4 Å². The highest BCUT2D eigenvalue weighted by molar-refractivity contribution is 5.51. The van der Waals surface area contributed by atoms with E-state index in [1.807, 2.05) is 36.4 Å². The van der Waals surface area contributed by atoms with Crippen LogP contribution in [0.15, 0.2) is 48.5 Å². The van der Waals surface area contributed by atoms with Gasteiger partial charge in [-0.15, -0.1) is 0 Å². The van der Waals surface area contributed by atoms with Gasteiger partial charge in [-0.25, -0.2) is 0 Å². The summed E-state index contributed by atoms with van der Waals surface area (Å²) in [6.07, 6.45) is 0. The molecule has 0 saturated carbocycles. The second kappa shape index (κ2) is 9.60. The van der Waals surface area contributed by atoms with Crippen LogP contribution in [0.1, 0.15) is 5.56 Å². The fourth-order valence-corrected chi connectivity index (χ4v) is 3.16. The second-order valence-electron chi connectivity index (χ2n) is 6.28. The van der Waals surface area contributed by atoms with Gasteiger partial charge in [0.2, 0.25) is 5.75 Å². The summed E-state index contributed by atoms with van der Waals surface area (Å²) in [7, 11) is 3.23. The van der Waals surface area contributed by atoms with Crippen LogP contribution in [0.3, 0.4) is 0 Å². The lowest BCUT2D eigenvalue weighted by molar-refractivity contribution is -0.160. The molecule has 6 nitrogen and oxygen atoms in total. The Kier molecular flexibility index (Phi) is 6.92. The molecule has 2 aromatic carbocycles. The molecule has 0 aliphatic carbocycles. The van der Waals surface area contributed by atoms with Gasteiger partial charge in [0.05, 0.1) is 34.0 Å². The Hall–Kier alpha value is -2.28. The number of ether oxygens (including phenoxy) is 5. The highest BCUT2D eigenvalue weighted by Gasteiger charge is 2.35. The maximum atomic E-state index is 6.12. The van der Waals surface area contributed by atoms with Crippen LogP contribution in [0.5, 0.6) is 17.2 Å². The lowest BCUT2D eigenvalue weighted by atomic mass is 9.93. The maximum Gasteiger partial charge on any atom is 0.203 e. The largest absolute Gasteiger partial charge is 0.493 e.